The number of ether oxygens (including phenoxy) is 1. The first-order valence-corrected chi connectivity index (χ1v) is 6.81. The van der Waals surface area contributed by atoms with Crippen LogP contribution < -0.4 is 4.74 Å². The predicted molar refractivity (Wildman–Crippen MR) is 73.2 cm³/mol. The van der Waals surface area contributed by atoms with Crippen molar-refractivity contribution in [2.75, 3.05) is 7.11 Å². The largest absolute Gasteiger partial charge is 0.494 e. The molecule has 0 aliphatic heterocycles. The van der Waals surface area contributed by atoms with Gasteiger partial charge in [0.1, 0.15) is 5.82 Å². The van der Waals surface area contributed by atoms with Crippen LogP contribution in [0, 0.1) is 11.2 Å². The Morgan fingerprint density at radius 1 is 1.53 bits per heavy atom. The van der Waals surface area contributed by atoms with Crippen LogP contribution in [0.2, 0.25) is 0 Å². The highest BCUT2D eigenvalue weighted by atomic mass is 35.5. The SMILES string of the molecule is COc1cc2c(cc1F)nc(CCl)n2C1CC1(C)C. The standard InChI is InChI=1S/C14H16ClFN2O/c1-14(2)6-12(14)18-10-5-11(19-3)8(16)4-9(10)17-13(18)7-15/h4-5,12H,6-7H2,1-3H3. The fourth-order valence-electron chi connectivity index (χ4n) is 2.63. The van der Waals surface area contributed by atoms with Gasteiger partial charge >= 0.3 is 0 Å². The zero-order chi connectivity index (χ0) is 13.8. The van der Waals surface area contributed by atoms with E-state index in [2.05, 4.69) is 23.4 Å². The summed E-state index contributed by atoms with van der Waals surface area (Å²) in [5.74, 6) is 0.967. The number of hydrogen-bond donors (Lipinski definition) is 0. The van der Waals surface area contributed by atoms with E-state index < -0.39 is 5.82 Å². The maximum absolute atomic E-state index is 13.7. The molecule has 19 heavy (non-hydrogen) atoms. The molecule has 3 nitrogen and oxygen atoms in total. The van der Waals surface area contributed by atoms with E-state index in [4.69, 9.17) is 16.3 Å². The van der Waals surface area contributed by atoms with Gasteiger partial charge in [0.25, 0.3) is 0 Å². The number of benzene rings is 1. The molecule has 0 radical (unpaired) electrons. The van der Waals surface area contributed by atoms with Crippen molar-refractivity contribution < 1.29 is 9.13 Å². The molecule has 1 aromatic carbocycles. The molecule has 0 N–H and O–H groups in total. The Labute approximate surface area is 116 Å². The van der Waals surface area contributed by atoms with Gasteiger partial charge in [-0.3, -0.25) is 0 Å². The quantitative estimate of drug-likeness (QED) is 0.799. The topological polar surface area (TPSA) is 27.1 Å². The molecule has 1 atom stereocenters. The highest BCUT2D eigenvalue weighted by Crippen LogP contribution is 2.57. The normalized spacial score (nSPS) is 20.8. The van der Waals surface area contributed by atoms with E-state index in [0.717, 1.165) is 17.8 Å². The second kappa shape index (κ2) is 4.10. The number of alkyl halides is 1. The molecule has 2 aromatic rings. The smallest absolute Gasteiger partial charge is 0.167 e. The number of rotatable bonds is 3. The van der Waals surface area contributed by atoms with Gasteiger partial charge in [0, 0.05) is 18.2 Å². The lowest BCUT2D eigenvalue weighted by molar-refractivity contribution is 0.387. The minimum atomic E-state index is -0.393. The molecule has 1 aliphatic rings. The summed E-state index contributed by atoms with van der Waals surface area (Å²) in [7, 11) is 1.47. The predicted octanol–water partition coefficient (Wildman–Crippen LogP) is 3.89. The molecule has 0 amide bonds. The van der Waals surface area contributed by atoms with Crippen molar-refractivity contribution in [3.63, 3.8) is 0 Å². The number of nitrogens with zero attached hydrogens (tertiary/aromatic N) is 2. The zero-order valence-electron chi connectivity index (χ0n) is 11.2. The number of hydrogen-bond acceptors (Lipinski definition) is 2. The molecule has 0 spiro atoms. The highest BCUT2D eigenvalue weighted by molar-refractivity contribution is 6.16. The van der Waals surface area contributed by atoms with Gasteiger partial charge < -0.3 is 9.30 Å². The van der Waals surface area contributed by atoms with Crippen molar-refractivity contribution in [1.82, 2.24) is 9.55 Å². The molecule has 102 valence electrons. The third-order valence-electron chi connectivity index (χ3n) is 3.93. The minimum Gasteiger partial charge on any atom is -0.494 e. The number of aromatic nitrogens is 2. The summed E-state index contributed by atoms with van der Waals surface area (Å²) in [6.07, 6.45) is 1.09. The van der Waals surface area contributed by atoms with E-state index in [1.807, 2.05) is 0 Å². The molecule has 3 rings (SSSR count). The van der Waals surface area contributed by atoms with Gasteiger partial charge in [0.15, 0.2) is 11.6 Å². The van der Waals surface area contributed by atoms with Crippen LogP contribution in [-0.2, 0) is 5.88 Å². The summed E-state index contributed by atoms with van der Waals surface area (Å²) in [6, 6.07) is 3.50. The molecule has 0 saturated heterocycles. The monoisotopic (exact) mass is 282 g/mol. The Morgan fingerprint density at radius 3 is 2.74 bits per heavy atom. The Hall–Kier alpha value is -1.29. The van der Waals surface area contributed by atoms with Crippen LogP contribution in [0.1, 0.15) is 32.1 Å². The van der Waals surface area contributed by atoms with E-state index in [1.54, 1.807) is 6.07 Å². The van der Waals surface area contributed by atoms with Gasteiger partial charge in [-0.05, 0) is 11.8 Å². The van der Waals surface area contributed by atoms with Crippen molar-refractivity contribution in [3.05, 3.63) is 23.8 Å². The van der Waals surface area contributed by atoms with Gasteiger partial charge in [-0.2, -0.15) is 0 Å². The zero-order valence-corrected chi connectivity index (χ0v) is 12.0. The average Bonchev–Trinajstić information content (AvgIpc) is 2.84. The fraction of sp³-hybridized carbons (Fsp3) is 0.500. The Morgan fingerprint density at radius 2 is 2.21 bits per heavy atom. The van der Waals surface area contributed by atoms with Crippen molar-refractivity contribution >= 4 is 22.6 Å². The molecule has 1 aromatic heterocycles. The van der Waals surface area contributed by atoms with Gasteiger partial charge in [0.05, 0.1) is 24.0 Å². The lowest BCUT2D eigenvalue weighted by atomic mass is 10.2. The summed E-state index contributed by atoms with van der Waals surface area (Å²) in [6.45, 7) is 4.42. The second-order valence-electron chi connectivity index (χ2n) is 5.72. The maximum Gasteiger partial charge on any atom is 0.167 e. The van der Waals surface area contributed by atoms with Gasteiger partial charge in [-0.1, -0.05) is 13.8 Å². The van der Waals surface area contributed by atoms with Crippen LogP contribution in [-0.4, -0.2) is 16.7 Å². The van der Waals surface area contributed by atoms with E-state index in [0.29, 0.717) is 17.4 Å². The number of halogens is 2. The minimum absolute atomic E-state index is 0.244. The van der Waals surface area contributed by atoms with Gasteiger partial charge in [0.2, 0.25) is 0 Å². The summed E-state index contributed by atoms with van der Waals surface area (Å²) >= 11 is 5.97. The fourth-order valence-corrected chi connectivity index (χ4v) is 2.81. The lowest BCUT2D eigenvalue weighted by Crippen LogP contribution is -2.04. The van der Waals surface area contributed by atoms with Crippen LogP contribution in [0.5, 0.6) is 5.75 Å². The molecule has 1 unspecified atom stereocenters. The summed E-state index contributed by atoms with van der Waals surface area (Å²) in [4.78, 5) is 4.43. The van der Waals surface area contributed by atoms with E-state index in [9.17, 15) is 4.39 Å². The molecular weight excluding hydrogens is 267 g/mol. The van der Waals surface area contributed by atoms with E-state index in [-0.39, 0.29) is 11.2 Å². The Bertz CT molecular complexity index is 650. The first-order chi connectivity index (χ1) is 8.97. The Kier molecular flexibility index (Phi) is 2.75. The van der Waals surface area contributed by atoms with Crippen LogP contribution in [0.4, 0.5) is 4.39 Å². The highest BCUT2D eigenvalue weighted by Gasteiger charge is 2.48. The average molecular weight is 283 g/mol. The van der Waals surface area contributed by atoms with Crippen LogP contribution in [0.3, 0.4) is 0 Å². The molecular formula is C14H16ClFN2O. The molecule has 1 aliphatic carbocycles. The first-order valence-electron chi connectivity index (χ1n) is 6.28. The first kappa shape index (κ1) is 12.7. The van der Waals surface area contributed by atoms with Crippen molar-refractivity contribution in [1.29, 1.82) is 0 Å². The number of methoxy groups -OCH3 is 1. The molecule has 5 heteroatoms. The third-order valence-corrected chi connectivity index (χ3v) is 4.17. The molecule has 0 bridgehead atoms. The lowest BCUT2D eigenvalue weighted by Gasteiger charge is -2.10. The maximum atomic E-state index is 13.7. The second-order valence-corrected chi connectivity index (χ2v) is 5.98. The van der Waals surface area contributed by atoms with Crippen molar-refractivity contribution in [3.8, 4) is 5.75 Å². The molecule has 1 saturated carbocycles. The van der Waals surface area contributed by atoms with Crippen LogP contribution in [0.15, 0.2) is 12.1 Å². The third kappa shape index (κ3) is 1.89. The van der Waals surface area contributed by atoms with Gasteiger partial charge in [-0.15, -0.1) is 11.6 Å². The number of imidazole rings is 1. The van der Waals surface area contributed by atoms with E-state index >= 15 is 0 Å². The van der Waals surface area contributed by atoms with Crippen LogP contribution >= 0.6 is 11.6 Å². The van der Waals surface area contributed by atoms with Gasteiger partial charge in [-0.25, -0.2) is 9.37 Å². The number of fused-ring (bicyclic) bond motifs is 1. The summed E-state index contributed by atoms with van der Waals surface area (Å²) in [5, 5.41) is 0. The van der Waals surface area contributed by atoms with Crippen molar-refractivity contribution in [2.45, 2.75) is 32.2 Å². The van der Waals surface area contributed by atoms with Crippen molar-refractivity contribution in [2.24, 2.45) is 5.41 Å². The van der Waals surface area contributed by atoms with E-state index in [1.165, 1.54) is 13.2 Å². The molecule has 1 heterocycles. The molecule has 1 fully saturated rings. The summed E-state index contributed by atoms with van der Waals surface area (Å²) in [5.41, 5.74) is 1.77. The van der Waals surface area contributed by atoms with Crippen LogP contribution in [0.25, 0.3) is 11.0 Å². The Balaban J connectivity index is 2.23. The summed E-state index contributed by atoms with van der Waals surface area (Å²) < 4.78 is 20.9.